The zero-order chi connectivity index (χ0) is 25.8. The molecule has 8 heteroatoms. The Balaban J connectivity index is 1.27. The van der Waals surface area contributed by atoms with Gasteiger partial charge < -0.3 is 14.8 Å². The lowest BCUT2D eigenvalue weighted by Gasteiger charge is -2.34. The summed E-state index contributed by atoms with van der Waals surface area (Å²) < 4.78 is 3.75. The standard InChI is InChI=1S/C29H32N6O2/c1-3-23-8-12-25(13-9-23)35-28(33-14-4-5-15-33)26(20-30-35)29(37)34-18-16-32(17-19-34)21-27(36)31-24-10-6-22(2)7-11-24/h4-15,20H,3,16-19,21H2,1-2H3,(H,31,36). The maximum absolute atomic E-state index is 13.6. The fourth-order valence-electron chi connectivity index (χ4n) is 4.60. The van der Waals surface area contributed by atoms with Gasteiger partial charge in [-0.1, -0.05) is 36.8 Å². The number of rotatable bonds is 7. The van der Waals surface area contributed by atoms with E-state index in [0.29, 0.717) is 38.3 Å². The first-order valence-corrected chi connectivity index (χ1v) is 12.7. The lowest BCUT2D eigenvalue weighted by molar-refractivity contribution is -0.117. The van der Waals surface area contributed by atoms with E-state index in [1.807, 2.05) is 82.0 Å². The van der Waals surface area contributed by atoms with E-state index in [4.69, 9.17) is 0 Å². The van der Waals surface area contributed by atoms with E-state index in [1.165, 1.54) is 5.56 Å². The Morgan fingerprint density at radius 1 is 0.919 bits per heavy atom. The quantitative estimate of drug-likeness (QED) is 0.421. The summed E-state index contributed by atoms with van der Waals surface area (Å²) in [6.07, 6.45) is 6.48. The van der Waals surface area contributed by atoms with Crippen molar-refractivity contribution in [2.24, 2.45) is 0 Å². The van der Waals surface area contributed by atoms with Gasteiger partial charge in [0.15, 0.2) is 5.82 Å². The summed E-state index contributed by atoms with van der Waals surface area (Å²) in [7, 11) is 0. The van der Waals surface area contributed by atoms with Crippen LogP contribution in [0.3, 0.4) is 0 Å². The van der Waals surface area contributed by atoms with Crippen molar-refractivity contribution in [1.82, 2.24) is 24.1 Å². The van der Waals surface area contributed by atoms with Crippen molar-refractivity contribution in [2.45, 2.75) is 20.3 Å². The third-order valence-electron chi connectivity index (χ3n) is 6.77. The van der Waals surface area contributed by atoms with Gasteiger partial charge in [0, 0.05) is 44.3 Å². The highest BCUT2D eigenvalue weighted by molar-refractivity contribution is 5.97. The minimum atomic E-state index is -0.0520. The van der Waals surface area contributed by atoms with Crippen molar-refractivity contribution >= 4 is 17.5 Å². The van der Waals surface area contributed by atoms with Crippen LogP contribution in [0.15, 0.2) is 79.3 Å². The Hall–Kier alpha value is -4.17. The summed E-state index contributed by atoms with van der Waals surface area (Å²) in [5.41, 5.74) is 4.66. The highest BCUT2D eigenvalue weighted by Crippen LogP contribution is 2.22. The second kappa shape index (κ2) is 10.8. The number of hydrogen-bond donors (Lipinski definition) is 1. The smallest absolute Gasteiger partial charge is 0.259 e. The molecule has 2 aromatic carbocycles. The molecule has 1 fully saturated rings. The number of nitrogens with one attached hydrogen (secondary N) is 1. The van der Waals surface area contributed by atoms with E-state index in [9.17, 15) is 9.59 Å². The first-order chi connectivity index (χ1) is 18.0. The molecule has 2 amide bonds. The minimum Gasteiger partial charge on any atom is -0.336 e. The van der Waals surface area contributed by atoms with Crippen molar-refractivity contribution < 1.29 is 9.59 Å². The molecule has 1 saturated heterocycles. The van der Waals surface area contributed by atoms with Gasteiger partial charge >= 0.3 is 0 Å². The van der Waals surface area contributed by atoms with Gasteiger partial charge in [-0.05, 0) is 55.3 Å². The maximum Gasteiger partial charge on any atom is 0.259 e. The molecule has 190 valence electrons. The van der Waals surface area contributed by atoms with Crippen LogP contribution in [0, 0.1) is 6.92 Å². The van der Waals surface area contributed by atoms with Crippen molar-refractivity contribution in [3.05, 3.63) is 95.9 Å². The number of carbonyl (C=O) groups excluding carboxylic acids is 2. The molecule has 0 unspecified atom stereocenters. The van der Waals surface area contributed by atoms with E-state index in [-0.39, 0.29) is 11.8 Å². The number of piperazine rings is 1. The monoisotopic (exact) mass is 496 g/mol. The SMILES string of the molecule is CCc1ccc(-n2ncc(C(=O)N3CCN(CC(=O)Nc4ccc(C)cc4)CC3)c2-n2cccc2)cc1. The summed E-state index contributed by atoms with van der Waals surface area (Å²) in [6.45, 7) is 6.83. The number of nitrogens with zero attached hydrogens (tertiary/aromatic N) is 5. The number of aromatic nitrogens is 3. The van der Waals surface area contributed by atoms with Gasteiger partial charge in [0.25, 0.3) is 5.91 Å². The molecule has 3 heterocycles. The topological polar surface area (TPSA) is 75.4 Å². The fourth-order valence-corrected chi connectivity index (χ4v) is 4.60. The molecule has 0 spiro atoms. The highest BCUT2D eigenvalue weighted by atomic mass is 16.2. The molecule has 37 heavy (non-hydrogen) atoms. The van der Waals surface area contributed by atoms with Crippen LogP contribution in [-0.2, 0) is 11.2 Å². The van der Waals surface area contributed by atoms with E-state index in [2.05, 4.69) is 34.4 Å². The molecule has 5 rings (SSSR count). The molecule has 0 bridgehead atoms. The van der Waals surface area contributed by atoms with Crippen LogP contribution in [0.1, 0.15) is 28.4 Å². The second-order valence-corrected chi connectivity index (χ2v) is 9.39. The number of anilines is 1. The second-order valence-electron chi connectivity index (χ2n) is 9.39. The van der Waals surface area contributed by atoms with Crippen LogP contribution in [0.2, 0.25) is 0 Å². The van der Waals surface area contributed by atoms with Gasteiger partial charge in [-0.2, -0.15) is 5.10 Å². The Morgan fingerprint density at radius 3 is 2.24 bits per heavy atom. The van der Waals surface area contributed by atoms with Gasteiger partial charge in [0.1, 0.15) is 5.56 Å². The molecule has 1 N–H and O–H groups in total. The molecular weight excluding hydrogens is 464 g/mol. The summed E-state index contributed by atoms with van der Waals surface area (Å²) in [5.74, 6) is 0.622. The summed E-state index contributed by atoms with van der Waals surface area (Å²) in [5, 5.41) is 7.55. The largest absolute Gasteiger partial charge is 0.336 e. The van der Waals surface area contributed by atoms with Crippen LogP contribution in [0.4, 0.5) is 5.69 Å². The lowest BCUT2D eigenvalue weighted by atomic mass is 10.1. The Labute approximate surface area is 217 Å². The molecule has 0 aliphatic carbocycles. The molecule has 1 aliphatic heterocycles. The van der Waals surface area contributed by atoms with E-state index in [1.54, 1.807) is 6.20 Å². The number of carbonyl (C=O) groups is 2. The van der Waals surface area contributed by atoms with Gasteiger partial charge in [0.05, 0.1) is 18.4 Å². The Morgan fingerprint density at radius 2 is 1.59 bits per heavy atom. The van der Waals surface area contributed by atoms with Gasteiger partial charge in [-0.15, -0.1) is 0 Å². The predicted molar refractivity (Wildman–Crippen MR) is 144 cm³/mol. The van der Waals surface area contributed by atoms with Gasteiger partial charge in [-0.25, -0.2) is 4.68 Å². The van der Waals surface area contributed by atoms with Crippen molar-refractivity contribution in [3.8, 4) is 11.5 Å². The molecule has 4 aromatic rings. The van der Waals surface area contributed by atoms with Crippen LogP contribution in [0.5, 0.6) is 0 Å². The summed E-state index contributed by atoms with van der Waals surface area (Å²) >= 11 is 0. The number of benzene rings is 2. The molecule has 2 aromatic heterocycles. The first-order valence-electron chi connectivity index (χ1n) is 12.7. The van der Waals surface area contributed by atoms with Crippen LogP contribution < -0.4 is 5.32 Å². The van der Waals surface area contributed by atoms with Crippen molar-refractivity contribution in [2.75, 3.05) is 38.0 Å². The zero-order valence-electron chi connectivity index (χ0n) is 21.3. The van der Waals surface area contributed by atoms with E-state index >= 15 is 0 Å². The molecule has 0 radical (unpaired) electrons. The third kappa shape index (κ3) is 5.49. The average Bonchev–Trinajstić information content (AvgIpc) is 3.60. The Kier molecular flexibility index (Phi) is 7.18. The molecular formula is C29H32N6O2. The van der Waals surface area contributed by atoms with Crippen LogP contribution >= 0.6 is 0 Å². The molecule has 8 nitrogen and oxygen atoms in total. The van der Waals surface area contributed by atoms with Crippen LogP contribution in [0.25, 0.3) is 11.5 Å². The average molecular weight is 497 g/mol. The predicted octanol–water partition coefficient (Wildman–Crippen LogP) is 3.93. The highest BCUT2D eigenvalue weighted by Gasteiger charge is 2.28. The maximum atomic E-state index is 13.6. The van der Waals surface area contributed by atoms with Gasteiger partial charge in [-0.3, -0.25) is 14.5 Å². The number of aryl methyl sites for hydroxylation is 2. The molecule has 0 saturated carbocycles. The fraction of sp³-hybridized carbons (Fsp3) is 0.276. The van der Waals surface area contributed by atoms with Gasteiger partial charge in [0.2, 0.25) is 5.91 Å². The van der Waals surface area contributed by atoms with E-state index in [0.717, 1.165) is 29.2 Å². The van der Waals surface area contributed by atoms with Crippen molar-refractivity contribution in [1.29, 1.82) is 0 Å². The Bertz CT molecular complexity index is 1350. The molecule has 1 aliphatic rings. The summed E-state index contributed by atoms with van der Waals surface area (Å²) in [4.78, 5) is 30.1. The number of hydrogen-bond acceptors (Lipinski definition) is 4. The molecule has 0 atom stereocenters. The van der Waals surface area contributed by atoms with Crippen molar-refractivity contribution in [3.63, 3.8) is 0 Å². The first kappa shape index (κ1) is 24.5. The lowest BCUT2D eigenvalue weighted by Crippen LogP contribution is -2.50. The third-order valence-corrected chi connectivity index (χ3v) is 6.77. The van der Waals surface area contributed by atoms with E-state index < -0.39 is 0 Å². The van der Waals surface area contributed by atoms with Crippen LogP contribution in [-0.4, -0.2) is 68.7 Å². The zero-order valence-corrected chi connectivity index (χ0v) is 21.3. The minimum absolute atomic E-state index is 0.0473. The normalized spacial score (nSPS) is 14.1. The number of amides is 2. The summed E-state index contributed by atoms with van der Waals surface area (Å²) in [6, 6.07) is 19.9.